The standard InChI is InChI=1S/C17H22N2/c1-12-8-9-16(14(3)10-12)17(19-18)11-15-7-5-4-6-13(15)2/h4-10,17,19H,11,18H2,1-3H3. The number of nitrogens with one attached hydrogen (secondary N) is 1. The van der Waals surface area contributed by atoms with Crippen LogP contribution in [0.15, 0.2) is 42.5 Å². The van der Waals surface area contributed by atoms with Crippen molar-refractivity contribution in [3.05, 3.63) is 70.3 Å². The van der Waals surface area contributed by atoms with E-state index in [2.05, 4.69) is 68.7 Å². The highest BCUT2D eigenvalue weighted by Crippen LogP contribution is 2.23. The average molecular weight is 254 g/mol. The third-order valence-electron chi connectivity index (χ3n) is 3.69. The van der Waals surface area contributed by atoms with Gasteiger partial charge in [-0.25, -0.2) is 0 Å². The Kier molecular flexibility index (Phi) is 4.35. The van der Waals surface area contributed by atoms with E-state index in [4.69, 9.17) is 5.84 Å². The van der Waals surface area contributed by atoms with E-state index in [0.29, 0.717) is 0 Å². The van der Waals surface area contributed by atoms with Crippen molar-refractivity contribution in [3.63, 3.8) is 0 Å². The van der Waals surface area contributed by atoms with Gasteiger partial charge in [-0.1, -0.05) is 48.0 Å². The number of hydrazine groups is 1. The molecule has 2 heteroatoms. The Morgan fingerprint density at radius 3 is 2.37 bits per heavy atom. The summed E-state index contributed by atoms with van der Waals surface area (Å²) < 4.78 is 0. The first kappa shape index (κ1) is 13.8. The maximum Gasteiger partial charge on any atom is 0.0503 e. The summed E-state index contributed by atoms with van der Waals surface area (Å²) in [5.74, 6) is 5.76. The Morgan fingerprint density at radius 1 is 1.00 bits per heavy atom. The van der Waals surface area contributed by atoms with Crippen LogP contribution in [-0.4, -0.2) is 0 Å². The second-order valence-corrected chi connectivity index (χ2v) is 5.21. The molecule has 0 heterocycles. The van der Waals surface area contributed by atoms with Gasteiger partial charge in [-0.3, -0.25) is 11.3 Å². The zero-order valence-corrected chi connectivity index (χ0v) is 11.9. The van der Waals surface area contributed by atoms with Crippen molar-refractivity contribution < 1.29 is 0 Å². The summed E-state index contributed by atoms with van der Waals surface area (Å²) in [5.41, 5.74) is 9.45. The minimum atomic E-state index is 0.154. The lowest BCUT2D eigenvalue weighted by atomic mass is 9.93. The number of hydrogen-bond acceptors (Lipinski definition) is 2. The molecule has 19 heavy (non-hydrogen) atoms. The van der Waals surface area contributed by atoms with Crippen LogP contribution in [0.5, 0.6) is 0 Å². The highest BCUT2D eigenvalue weighted by molar-refractivity contribution is 5.35. The lowest BCUT2D eigenvalue weighted by Crippen LogP contribution is -2.30. The van der Waals surface area contributed by atoms with E-state index >= 15 is 0 Å². The first-order chi connectivity index (χ1) is 9.11. The van der Waals surface area contributed by atoms with Crippen molar-refractivity contribution in [2.45, 2.75) is 33.2 Å². The van der Waals surface area contributed by atoms with Crippen LogP contribution in [0.3, 0.4) is 0 Å². The van der Waals surface area contributed by atoms with Crippen LogP contribution in [0.1, 0.15) is 33.9 Å². The molecule has 0 aliphatic carbocycles. The molecule has 2 aromatic carbocycles. The van der Waals surface area contributed by atoms with Gasteiger partial charge in [0.1, 0.15) is 0 Å². The normalized spacial score (nSPS) is 12.4. The lowest BCUT2D eigenvalue weighted by Gasteiger charge is -2.20. The van der Waals surface area contributed by atoms with Crippen molar-refractivity contribution in [2.24, 2.45) is 5.84 Å². The van der Waals surface area contributed by atoms with Crippen LogP contribution in [0.2, 0.25) is 0 Å². The summed E-state index contributed by atoms with van der Waals surface area (Å²) in [6, 6.07) is 15.1. The van der Waals surface area contributed by atoms with Gasteiger partial charge in [-0.15, -0.1) is 0 Å². The Labute approximate surface area is 115 Å². The van der Waals surface area contributed by atoms with Gasteiger partial charge in [0.05, 0.1) is 6.04 Å². The molecule has 2 aromatic rings. The Bertz CT molecular complexity index is 561. The fourth-order valence-corrected chi connectivity index (χ4v) is 2.53. The molecule has 0 aromatic heterocycles. The largest absolute Gasteiger partial charge is 0.271 e. The Hall–Kier alpha value is -1.64. The summed E-state index contributed by atoms with van der Waals surface area (Å²) in [5, 5.41) is 0. The van der Waals surface area contributed by atoms with E-state index in [-0.39, 0.29) is 6.04 Å². The molecule has 0 bridgehead atoms. The van der Waals surface area contributed by atoms with Crippen molar-refractivity contribution in [1.29, 1.82) is 0 Å². The molecule has 0 radical (unpaired) electrons. The van der Waals surface area contributed by atoms with E-state index in [1.165, 1.54) is 27.8 Å². The van der Waals surface area contributed by atoms with Crippen LogP contribution in [0.25, 0.3) is 0 Å². The van der Waals surface area contributed by atoms with Crippen LogP contribution in [-0.2, 0) is 6.42 Å². The molecule has 1 unspecified atom stereocenters. The second kappa shape index (κ2) is 6.00. The van der Waals surface area contributed by atoms with E-state index in [9.17, 15) is 0 Å². The molecule has 3 N–H and O–H groups in total. The highest BCUT2D eigenvalue weighted by atomic mass is 15.2. The number of nitrogens with two attached hydrogens (primary N) is 1. The van der Waals surface area contributed by atoms with Crippen LogP contribution >= 0.6 is 0 Å². The minimum absolute atomic E-state index is 0.154. The molecule has 0 amide bonds. The zero-order valence-electron chi connectivity index (χ0n) is 11.9. The quantitative estimate of drug-likeness (QED) is 0.648. The fraction of sp³-hybridized carbons (Fsp3) is 0.294. The Balaban J connectivity index is 2.28. The highest BCUT2D eigenvalue weighted by Gasteiger charge is 2.13. The third kappa shape index (κ3) is 3.22. The number of hydrogen-bond donors (Lipinski definition) is 2. The summed E-state index contributed by atoms with van der Waals surface area (Å²) in [7, 11) is 0. The minimum Gasteiger partial charge on any atom is -0.271 e. The van der Waals surface area contributed by atoms with Gasteiger partial charge < -0.3 is 0 Å². The van der Waals surface area contributed by atoms with E-state index in [1.54, 1.807) is 0 Å². The van der Waals surface area contributed by atoms with Gasteiger partial charge in [0.15, 0.2) is 0 Å². The third-order valence-corrected chi connectivity index (χ3v) is 3.69. The zero-order chi connectivity index (χ0) is 13.8. The molecular formula is C17H22N2. The van der Waals surface area contributed by atoms with Crippen LogP contribution < -0.4 is 11.3 Å². The second-order valence-electron chi connectivity index (χ2n) is 5.21. The molecule has 0 spiro atoms. The average Bonchev–Trinajstić information content (AvgIpc) is 2.39. The summed E-state index contributed by atoms with van der Waals surface area (Å²) in [6.45, 7) is 6.40. The van der Waals surface area contributed by atoms with Crippen LogP contribution in [0.4, 0.5) is 0 Å². The first-order valence-corrected chi connectivity index (χ1v) is 6.69. The summed E-state index contributed by atoms with van der Waals surface area (Å²) in [6.07, 6.45) is 0.910. The van der Waals surface area contributed by atoms with Crippen molar-refractivity contribution in [2.75, 3.05) is 0 Å². The van der Waals surface area contributed by atoms with Gasteiger partial charge in [0, 0.05) is 0 Å². The molecular weight excluding hydrogens is 232 g/mol. The first-order valence-electron chi connectivity index (χ1n) is 6.69. The maximum absolute atomic E-state index is 5.76. The fourth-order valence-electron chi connectivity index (χ4n) is 2.53. The molecule has 2 rings (SSSR count). The molecule has 0 aliphatic rings. The van der Waals surface area contributed by atoms with Gasteiger partial charge >= 0.3 is 0 Å². The number of rotatable bonds is 4. The van der Waals surface area contributed by atoms with Gasteiger partial charge in [-0.05, 0) is 49.4 Å². The van der Waals surface area contributed by atoms with Crippen molar-refractivity contribution >= 4 is 0 Å². The van der Waals surface area contributed by atoms with Crippen molar-refractivity contribution in [3.8, 4) is 0 Å². The smallest absolute Gasteiger partial charge is 0.0503 e. The molecule has 0 saturated carbocycles. The van der Waals surface area contributed by atoms with Gasteiger partial charge in [0.2, 0.25) is 0 Å². The molecule has 1 atom stereocenters. The predicted molar refractivity (Wildman–Crippen MR) is 80.9 cm³/mol. The monoisotopic (exact) mass is 254 g/mol. The van der Waals surface area contributed by atoms with Gasteiger partial charge in [-0.2, -0.15) is 0 Å². The van der Waals surface area contributed by atoms with E-state index in [0.717, 1.165) is 6.42 Å². The molecule has 100 valence electrons. The Morgan fingerprint density at radius 2 is 1.74 bits per heavy atom. The SMILES string of the molecule is Cc1ccc(C(Cc2ccccc2C)NN)c(C)c1. The molecule has 0 aliphatic heterocycles. The number of aryl methyl sites for hydroxylation is 3. The van der Waals surface area contributed by atoms with Gasteiger partial charge in [0.25, 0.3) is 0 Å². The summed E-state index contributed by atoms with van der Waals surface area (Å²) in [4.78, 5) is 0. The van der Waals surface area contributed by atoms with E-state index < -0.39 is 0 Å². The van der Waals surface area contributed by atoms with Crippen molar-refractivity contribution in [1.82, 2.24) is 5.43 Å². The van der Waals surface area contributed by atoms with E-state index in [1.807, 2.05) is 0 Å². The predicted octanol–water partition coefficient (Wildman–Crippen LogP) is 3.36. The van der Waals surface area contributed by atoms with Crippen LogP contribution in [0, 0.1) is 20.8 Å². The lowest BCUT2D eigenvalue weighted by molar-refractivity contribution is 0.548. The summed E-state index contributed by atoms with van der Waals surface area (Å²) >= 11 is 0. The molecule has 0 fully saturated rings. The topological polar surface area (TPSA) is 38.0 Å². The molecule has 0 saturated heterocycles. The molecule has 2 nitrogen and oxygen atoms in total. The number of benzene rings is 2. The maximum atomic E-state index is 5.76.